The molecule has 7 nitrogen and oxygen atoms in total. The number of hydrogen-bond donors (Lipinski definition) is 2. The molecule has 0 bridgehead atoms. The smallest absolute Gasteiger partial charge is 0.339 e. The third kappa shape index (κ3) is 3.38. The molecular formula is C14H15N3O4. The molecule has 0 aliphatic rings. The summed E-state index contributed by atoms with van der Waals surface area (Å²) in [5.41, 5.74) is 0.972. The Morgan fingerprint density at radius 1 is 1.24 bits per heavy atom. The number of hydrogen-bond acceptors (Lipinski definition) is 6. The van der Waals surface area contributed by atoms with Gasteiger partial charge in [0.1, 0.15) is 5.56 Å². The molecular weight excluding hydrogens is 274 g/mol. The largest absolute Gasteiger partial charge is 0.493 e. The summed E-state index contributed by atoms with van der Waals surface area (Å²) in [5.74, 6) is 0.404. The van der Waals surface area contributed by atoms with E-state index in [1.807, 2.05) is 12.1 Å². The topological polar surface area (TPSA) is 93.6 Å². The van der Waals surface area contributed by atoms with E-state index in [2.05, 4.69) is 15.5 Å². The van der Waals surface area contributed by atoms with Crippen molar-refractivity contribution in [2.24, 2.45) is 0 Å². The second-order valence-corrected chi connectivity index (χ2v) is 4.14. The lowest BCUT2D eigenvalue weighted by atomic mass is 10.2. The summed E-state index contributed by atoms with van der Waals surface area (Å²) in [6.07, 6.45) is 1.34. The van der Waals surface area contributed by atoms with Gasteiger partial charge in [-0.2, -0.15) is 5.10 Å². The molecule has 0 atom stereocenters. The van der Waals surface area contributed by atoms with Gasteiger partial charge in [-0.1, -0.05) is 6.07 Å². The molecule has 2 aromatic rings. The van der Waals surface area contributed by atoms with Crippen LogP contribution in [-0.2, 0) is 6.54 Å². The third-order valence-electron chi connectivity index (χ3n) is 2.86. The molecule has 0 aliphatic carbocycles. The first-order valence-corrected chi connectivity index (χ1v) is 6.15. The van der Waals surface area contributed by atoms with Crippen molar-refractivity contribution in [1.29, 1.82) is 0 Å². The van der Waals surface area contributed by atoms with Gasteiger partial charge in [-0.25, -0.2) is 4.79 Å². The highest BCUT2D eigenvalue weighted by molar-refractivity contribution is 5.92. The zero-order chi connectivity index (χ0) is 15.2. The van der Waals surface area contributed by atoms with Crippen LogP contribution < -0.4 is 14.8 Å². The zero-order valence-corrected chi connectivity index (χ0v) is 11.7. The van der Waals surface area contributed by atoms with Gasteiger partial charge in [0.05, 0.1) is 20.4 Å². The highest BCUT2D eigenvalue weighted by Gasteiger charge is 2.11. The standard InChI is InChI=1S/C14H15N3O4/c1-20-11-4-3-9(7-12(11)21-2)8-15-13-10(14(18)19)5-6-16-17-13/h3-7H,8H2,1-2H3,(H,15,17)(H,18,19). The first-order valence-electron chi connectivity index (χ1n) is 6.15. The fourth-order valence-corrected chi connectivity index (χ4v) is 1.81. The van der Waals surface area contributed by atoms with Crippen molar-refractivity contribution in [2.75, 3.05) is 19.5 Å². The number of benzene rings is 1. The Morgan fingerprint density at radius 2 is 2.00 bits per heavy atom. The van der Waals surface area contributed by atoms with Crippen molar-refractivity contribution in [3.05, 3.63) is 41.6 Å². The van der Waals surface area contributed by atoms with Crippen molar-refractivity contribution < 1.29 is 19.4 Å². The van der Waals surface area contributed by atoms with E-state index in [1.165, 1.54) is 12.3 Å². The van der Waals surface area contributed by atoms with Gasteiger partial charge in [0.15, 0.2) is 17.3 Å². The summed E-state index contributed by atoms with van der Waals surface area (Å²) in [6, 6.07) is 6.84. The molecule has 0 fully saturated rings. The average Bonchev–Trinajstić information content (AvgIpc) is 2.52. The Labute approximate surface area is 121 Å². The highest BCUT2D eigenvalue weighted by Crippen LogP contribution is 2.27. The summed E-state index contributed by atoms with van der Waals surface area (Å²) in [6.45, 7) is 0.388. The number of aromatic nitrogens is 2. The number of rotatable bonds is 6. The number of anilines is 1. The SMILES string of the molecule is COc1ccc(CNc2nnccc2C(=O)O)cc1OC. The molecule has 2 N–H and O–H groups in total. The minimum atomic E-state index is -1.06. The maximum atomic E-state index is 11.1. The summed E-state index contributed by atoms with van der Waals surface area (Å²) in [5, 5.41) is 19.5. The summed E-state index contributed by atoms with van der Waals surface area (Å²) < 4.78 is 10.4. The van der Waals surface area contributed by atoms with Crippen LogP contribution in [0, 0.1) is 0 Å². The van der Waals surface area contributed by atoms with Crippen LogP contribution in [0.25, 0.3) is 0 Å². The van der Waals surface area contributed by atoms with E-state index in [1.54, 1.807) is 20.3 Å². The maximum absolute atomic E-state index is 11.1. The minimum Gasteiger partial charge on any atom is -0.493 e. The zero-order valence-electron chi connectivity index (χ0n) is 11.7. The number of ether oxygens (including phenoxy) is 2. The number of nitrogens with one attached hydrogen (secondary N) is 1. The molecule has 1 heterocycles. The molecule has 7 heteroatoms. The molecule has 110 valence electrons. The van der Waals surface area contributed by atoms with Gasteiger partial charge in [0.2, 0.25) is 0 Å². The Balaban J connectivity index is 2.15. The fourth-order valence-electron chi connectivity index (χ4n) is 1.81. The van der Waals surface area contributed by atoms with Gasteiger partial charge in [0, 0.05) is 6.54 Å². The molecule has 2 rings (SSSR count). The van der Waals surface area contributed by atoms with Crippen molar-refractivity contribution in [3.8, 4) is 11.5 Å². The van der Waals surface area contributed by atoms with Gasteiger partial charge in [0.25, 0.3) is 0 Å². The summed E-state index contributed by atoms with van der Waals surface area (Å²) in [7, 11) is 3.12. The molecule has 1 aromatic heterocycles. The van der Waals surface area contributed by atoms with Gasteiger partial charge < -0.3 is 19.9 Å². The predicted molar refractivity (Wildman–Crippen MR) is 75.9 cm³/mol. The van der Waals surface area contributed by atoms with Gasteiger partial charge in [-0.3, -0.25) is 0 Å². The molecule has 0 unspecified atom stereocenters. The van der Waals surface area contributed by atoms with Gasteiger partial charge in [-0.05, 0) is 23.8 Å². The van der Waals surface area contributed by atoms with E-state index in [9.17, 15) is 4.79 Å². The van der Waals surface area contributed by atoms with E-state index in [0.29, 0.717) is 18.0 Å². The minimum absolute atomic E-state index is 0.0745. The van der Waals surface area contributed by atoms with Crippen LogP contribution in [0.2, 0.25) is 0 Å². The average molecular weight is 289 g/mol. The molecule has 0 amide bonds. The number of carboxylic acids is 1. The second-order valence-electron chi connectivity index (χ2n) is 4.14. The van der Waals surface area contributed by atoms with E-state index < -0.39 is 5.97 Å². The predicted octanol–water partition coefficient (Wildman–Crippen LogP) is 1.80. The lowest BCUT2D eigenvalue weighted by molar-refractivity contribution is 0.0697. The van der Waals surface area contributed by atoms with E-state index >= 15 is 0 Å². The fraction of sp³-hybridized carbons (Fsp3) is 0.214. The van der Waals surface area contributed by atoms with Crippen molar-refractivity contribution in [1.82, 2.24) is 10.2 Å². The van der Waals surface area contributed by atoms with Crippen molar-refractivity contribution in [3.63, 3.8) is 0 Å². The lowest BCUT2D eigenvalue weighted by Crippen LogP contribution is -2.09. The highest BCUT2D eigenvalue weighted by atomic mass is 16.5. The van der Waals surface area contributed by atoms with Gasteiger partial charge in [-0.15, -0.1) is 5.10 Å². The molecule has 0 radical (unpaired) electrons. The molecule has 0 saturated carbocycles. The lowest BCUT2D eigenvalue weighted by Gasteiger charge is -2.11. The van der Waals surface area contributed by atoms with Crippen LogP contribution in [0.4, 0.5) is 5.82 Å². The Hall–Kier alpha value is -2.83. The van der Waals surface area contributed by atoms with Gasteiger partial charge >= 0.3 is 5.97 Å². The van der Waals surface area contributed by atoms with Crippen LogP contribution in [0.3, 0.4) is 0 Å². The Morgan fingerprint density at radius 3 is 2.67 bits per heavy atom. The van der Waals surface area contributed by atoms with Crippen LogP contribution in [0.5, 0.6) is 11.5 Å². The Kier molecular flexibility index (Phi) is 4.55. The first kappa shape index (κ1) is 14.6. The quantitative estimate of drug-likeness (QED) is 0.837. The number of methoxy groups -OCH3 is 2. The van der Waals surface area contributed by atoms with E-state index in [0.717, 1.165) is 5.56 Å². The number of nitrogens with zero attached hydrogens (tertiary/aromatic N) is 2. The van der Waals surface area contributed by atoms with Crippen LogP contribution in [-0.4, -0.2) is 35.5 Å². The normalized spacial score (nSPS) is 10.0. The first-order chi connectivity index (χ1) is 10.2. The Bertz CT molecular complexity index is 646. The molecule has 0 spiro atoms. The van der Waals surface area contributed by atoms with Crippen LogP contribution in [0.1, 0.15) is 15.9 Å². The van der Waals surface area contributed by atoms with E-state index in [-0.39, 0.29) is 11.4 Å². The van der Waals surface area contributed by atoms with Crippen molar-refractivity contribution >= 4 is 11.8 Å². The number of carboxylic acid groups (broad SMARTS) is 1. The number of carbonyl (C=O) groups is 1. The molecule has 0 aliphatic heterocycles. The second kappa shape index (κ2) is 6.56. The number of aromatic carboxylic acids is 1. The van der Waals surface area contributed by atoms with Crippen LogP contribution in [0.15, 0.2) is 30.5 Å². The molecule has 21 heavy (non-hydrogen) atoms. The molecule has 1 aromatic carbocycles. The van der Waals surface area contributed by atoms with E-state index in [4.69, 9.17) is 14.6 Å². The molecule has 0 saturated heterocycles. The van der Waals surface area contributed by atoms with Crippen LogP contribution >= 0.6 is 0 Å². The van der Waals surface area contributed by atoms with Crippen molar-refractivity contribution in [2.45, 2.75) is 6.54 Å². The monoisotopic (exact) mass is 289 g/mol. The summed E-state index contributed by atoms with van der Waals surface area (Å²) in [4.78, 5) is 11.1. The third-order valence-corrected chi connectivity index (χ3v) is 2.86. The summed E-state index contributed by atoms with van der Waals surface area (Å²) >= 11 is 0. The maximum Gasteiger partial charge on any atom is 0.339 e.